The predicted molar refractivity (Wildman–Crippen MR) is 108 cm³/mol. The molecule has 25 heavy (non-hydrogen) atoms. The van der Waals surface area contributed by atoms with Crippen LogP contribution in [0.4, 0.5) is 5.69 Å². The maximum Gasteiger partial charge on any atom is 0.193 e. The van der Waals surface area contributed by atoms with E-state index < -0.39 is 0 Å². The molecule has 4 heteroatoms. The Labute approximate surface area is 151 Å². The number of hydrogen-bond acceptors (Lipinski definition) is 2. The summed E-state index contributed by atoms with van der Waals surface area (Å²) in [7, 11) is 2.14. The van der Waals surface area contributed by atoms with Crippen molar-refractivity contribution in [1.29, 1.82) is 0 Å². The van der Waals surface area contributed by atoms with Gasteiger partial charge in [-0.15, -0.1) is 0 Å². The average molecular weight is 338 g/mol. The van der Waals surface area contributed by atoms with E-state index in [0.29, 0.717) is 18.5 Å². The molecule has 0 saturated carbocycles. The summed E-state index contributed by atoms with van der Waals surface area (Å²) in [6.45, 7) is 8.03. The standard InChI is InChI=1S/C21H30N4/c1-5-17-9-8-12-20(13-17)24-21(22)23-14-18-10-6-7-11-19(18)15-25(4)16(2)3/h6-13,16H,5,14-15H2,1-4H3,(H3,22,23,24). The van der Waals surface area contributed by atoms with Gasteiger partial charge in [-0.05, 0) is 56.1 Å². The summed E-state index contributed by atoms with van der Waals surface area (Å²) < 4.78 is 0. The molecule has 0 heterocycles. The molecule has 0 spiro atoms. The number of nitrogens with zero attached hydrogens (tertiary/aromatic N) is 2. The van der Waals surface area contributed by atoms with Gasteiger partial charge >= 0.3 is 0 Å². The lowest BCUT2D eigenvalue weighted by Gasteiger charge is -2.22. The van der Waals surface area contributed by atoms with E-state index in [1.807, 2.05) is 12.1 Å². The zero-order chi connectivity index (χ0) is 18.2. The van der Waals surface area contributed by atoms with Crippen LogP contribution in [0.1, 0.15) is 37.5 Å². The molecule has 0 aliphatic heterocycles. The van der Waals surface area contributed by atoms with Crippen molar-refractivity contribution < 1.29 is 0 Å². The summed E-state index contributed by atoms with van der Waals surface area (Å²) in [4.78, 5) is 6.84. The first-order valence-corrected chi connectivity index (χ1v) is 8.92. The van der Waals surface area contributed by atoms with Crippen LogP contribution in [-0.2, 0) is 19.5 Å². The fourth-order valence-corrected chi connectivity index (χ4v) is 2.54. The molecule has 0 atom stereocenters. The number of aryl methyl sites for hydroxylation is 1. The van der Waals surface area contributed by atoms with Gasteiger partial charge in [0.1, 0.15) is 0 Å². The number of rotatable bonds is 7. The van der Waals surface area contributed by atoms with E-state index >= 15 is 0 Å². The van der Waals surface area contributed by atoms with E-state index in [4.69, 9.17) is 5.73 Å². The molecule has 2 rings (SSSR count). The van der Waals surface area contributed by atoms with E-state index in [9.17, 15) is 0 Å². The van der Waals surface area contributed by atoms with Gasteiger partial charge in [0.05, 0.1) is 6.54 Å². The van der Waals surface area contributed by atoms with Crippen molar-refractivity contribution in [2.45, 2.75) is 46.3 Å². The molecule has 0 aliphatic carbocycles. The molecule has 0 aromatic heterocycles. The molecule has 0 bridgehead atoms. The Morgan fingerprint density at radius 3 is 2.52 bits per heavy atom. The van der Waals surface area contributed by atoms with E-state index in [1.54, 1.807) is 0 Å². The molecule has 2 aromatic carbocycles. The highest BCUT2D eigenvalue weighted by atomic mass is 15.1. The highest BCUT2D eigenvalue weighted by Gasteiger charge is 2.08. The number of hydrogen-bond donors (Lipinski definition) is 2. The minimum Gasteiger partial charge on any atom is -0.370 e. The van der Waals surface area contributed by atoms with Crippen molar-refractivity contribution in [2.75, 3.05) is 12.4 Å². The first-order valence-electron chi connectivity index (χ1n) is 8.92. The van der Waals surface area contributed by atoms with E-state index in [0.717, 1.165) is 18.7 Å². The van der Waals surface area contributed by atoms with Crippen molar-refractivity contribution in [3.05, 3.63) is 65.2 Å². The average Bonchev–Trinajstić information content (AvgIpc) is 2.61. The lowest BCUT2D eigenvalue weighted by atomic mass is 10.1. The van der Waals surface area contributed by atoms with Crippen molar-refractivity contribution in [2.24, 2.45) is 10.7 Å². The Morgan fingerprint density at radius 2 is 1.84 bits per heavy atom. The molecule has 134 valence electrons. The highest BCUT2D eigenvalue weighted by molar-refractivity contribution is 5.92. The first kappa shape index (κ1) is 19.0. The minimum absolute atomic E-state index is 0.445. The number of anilines is 1. The quantitative estimate of drug-likeness (QED) is 0.592. The SMILES string of the molecule is CCc1cccc(NC(N)=NCc2ccccc2CN(C)C(C)C)c1. The topological polar surface area (TPSA) is 53.6 Å². The summed E-state index contributed by atoms with van der Waals surface area (Å²) in [6.07, 6.45) is 1.00. The summed E-state index contributed by atoms with van der Waals surface area (Å²) >= 11 is 0. The zero-order valence-corrected chi connectivity index (χ0v) is 15.8. The Morgan fingerprint density at radius 1 is 1.12 bits per heavy atom. The fourth-order valence-electron chi connectivity index (χ4n) is 2.54. The summed E-state index contributed by atoms with van der Waals surface area (Å²) in [5, 5.41) is 3.18. The van der Waals surface area contributed by atoms with Gasteiger partial charge in [-0.2, -0.15) is 0 Å². The normalized spacial score (nSPS) is 12.0. The molecule has 0 saturated heterocycles. The number of nitrogens with one attached hydrogen (secondary N) is 1. The lowest BCUT2D eigenvalue weighted by molar-refractivity contribution is 0.265. The second-order valence-electron chi connectivity index (χ2n) is 6.66. The van der Waals surface area contributed by atoms with Crippen LogP contribution in [0.2, 0.25) is 0 Å². The number of aliphatic imine (C=N–C) groups is 1. The van der Waals surface area contributed by atoms with E-state index in [1.165, 1.54) is 16.7 Å². The van der Waals surface area contributed by atoms with Crippen LogP contribution >= 0.6 is 0 Å². The molecular weight excluding hydrogens is 308 g/mol. The van der Waals surface area contributed by atoms with Crippen LogP contribution in [0.25, 0.3) is 0 Å². The molecule has 0 amide bonds. The van der Waals surface area contributed by atoms with Gasteiger partial charge in [-0.1, -0.05) is 43.3 Å². The van der Waals surface area contributed by atoms with Crippen molar-refractivity contribution >= 4 is 11.6 Å². The third-order valence-electron chi connectivity index (χ3n) is 4.45. The number of guanidine groups is 1. The second kappa shape index (κ2) is 9.23. The van der Waals surface area contributed by atoms with Gasteiger partial charge in [0.25, 0.3) is 0 Å². The summed E-state index contributed by atoms with van der Waals surface area (Å²) in [6, 6.07) is 17.2. The molecular formula is C21H30N4. The number of nitrogens with two attached hydrogens (primary N) is 1. The molecule has 0 fully saturated rings. The van der Waals surface area contributed by atoms with Crippen molar-refractivity contribution in [1.82, 2.24) is 4.90 Å². The maximum atomic E-state index is 6.07. The van der Waals surface area contributed by atoms with Gasteiger partial charge in [0.15, 0.2) is 5.96 Å². The van der Waals surface area contributed by atoms with Crippen molar-refractivity contribution in [3.8, 4) is 0 Å². The summed E-state index contributed by atoms with van der Waals surface area (Å²) in [5.74, 6) is 0.445. The zero-order valence-electron chi connectivity index (χ0n) is 15.8. The van der Waals surface area contributed by atoms with Gasteiger partial charge < -0.3 is 11.1 Å². The van der Waals surface area contributed by atoms with Crippen LogP contribution in [0.15, 0.2) is 53.5 Å². The molecule has 2 aromatic rings. The van der Waals surface area contributed by atoms with Gasteiger partial charge in [-0.25, -0.2) is 4.99 Å². The van der Waals surface area contributed by atoms with Crippen LogP contribution < -0.4 is 11.1 Å². The van der Waals surface area contributed by atoms with Gasteiger partial charge in [0.2, 0.25) is 0 Å². The maximum absolute atomic E-state index is 6.07. The Balaban J connectivity index is 2.05. The molecule has 4 nitrogen and oxygen atoms in total. The van der Waals surface area contributed by atoms with Crippen LogP contribution in [0.5, 0.6) is 0 Å². The number of benzene rings is 2. The Kier molecular flexibility index (Phi) is 7.02. The third-order valence-corrected chi connectivity index (χ3v) is 4.45. The largest absolute Gasteiger partial charge is 0.370 e. The molecule has 0 radical (unpaired) electrons. The van der Waals surface area contributed by atoms with E-state index in [-0.39, 0.29) is 0 Å². The summed E-state index contributed by atoms with van der Waals surface area (Å²) in [5.41, 5.74) is 10.8. The van der Waals surface area contributed by atoms with Crippen LogP contribution in [-0.4, -0.2) is 23.9 Å². The van der Waals surface area contributed by atoms with Gasteiger partial charge in [0, 0.05) is 18.3 Å². The molecule has 0 aliphatic rings. The minimum atomic E-state index is 0.445. The fraction of sp³-hybridized carbons (Fsp3) is 0.381. The lowest BCUT2D eigenvalue weighted by Crippen LogP contribution is -2.26. The van der Waals surface area contributed by atoms with Crippen molar-refractivity contribution in [3.63, 3.8) is 0 Å². The monoisotopic (exact) mass is 338 g/mol. The Bertz CT molecular complexity index is 707. The molecule has 0 unspecified atom stereocenters. The van der Waals surface area contributed by atoms with Crippen LogP contribution in [0, 0.1) is 0 Å². The van der Waals surface area contributed by atoms with Crippen LogP contribution in [0.3, 0.4) is 0 Å². The molecule has 3 N–H and O–H groups in total. The predicted octanol–water partition coefficient (Wildman–Crippen LogP) is 4.02. The third kappa shape index (κ3) is 5.91. The first-order chi connectivity index (χ1) is 12.0. The second-order valence-corrected chi connectivity index (χ2v) is 6.66. The van der Waals surface area contributed by atoms with E-state index in [2.05, 4.69) is 79.4 Å². The van der Waals surface area contributed by atoms with Gasteiger partial charge in [-0.3, -0.25) is 4.90 Å². The highest BCUT2D eigenvalue weighted by Crippen LogP contribution is 2.14. The Hall–Kier alpha value is -2.33. The smallest absolute Gasteiger partial charge is 0.193 e.